The average Bonchev–Trinajstić information content (AvgIpc) is 1.72. The number of phenolic OH excluding ortho intramolecular Hbond substituents is 1. The summed E-state index contributed by atoms with van der Waals surface area (Å²) in [5, 5.41) is 80.2. The van der Waals surface area contributed by atoms with E-state index in [2.05, 4.69) is 73.1 Å². The van der Waals surface area contributed by atoms with E-state index in [1.54, 1.807) is 67.8 Å². The van der Waals surface area contributed by atoms with Crippen molar-refractivity contribution < 1.29 is 112 Å². The Labute approximate surface area is 781 Å². The SMILES string of the molecule is CCCC[C@H]1C(=O)N(C)[C@@H](CCCC)C(=O)N[C@@H](CCC(=O)O)C(=O)N[C@H](C(=O)NCC(N)=O)CSCC(=O)N[C@@H](Cc2ccc(O)cc2)C(=O)N(C)[C@@H](C)C(=O)N[C@@H](CC(=O)O)C(=O)N2CCC[C@H]2C(=O)N[C@@H](Cc2c[nH]cn2)C(=O)N[C@@H](CCCCN)C(=O)N2C[C@H](O)C[C@H]2C(=O)N[C@@H](Cc2c[nH]c3ccccc23)C(=O)N[C@@H](CO)C(=O)N[C@@H](Cc2c[nH]c3ccccc23)C(=O)N1C. The third-order valence-electron chi connectivity index (χ3n) is 24.2. The van der Waals surface area contributed by atoms with Crippen LogP contribution in [0, 0.1) is 0 Å². The number of phenols is 1. The zero-order chi connectivity index (χ0) is 98.4. The highest BCUT2D eigenvalue weighted by atomic mass is 32.2. The number of carboxylic acid groups (broad SMARTS) is 2. The predicted octanol–water partition coefficient (Wildman–Crippen LogP) is -2.65. The summed E-state index contributed by atoms with van der Waals surface area (Å²) in [6.07, 6.45) is 2.05. The molecule has 135 heavy (non-hydrogen) atoms. The molecule has 6 aromatic rings. The summed E-state index contributed by atoms with van der Waals surface area (Å²) in [4.78, 5) is 280. The predicted molar refractivity (Wildman–Crippen MR) is 489 cm³/mol. The van der Waals surface area contributed by atoms with Gasteiger partial charge in [0, 0.05) is 119 Å². The van der Waals surface area contributed by atoms with Crippen LogP contribution < -0.4 is 64.6 Å². The van der Waals surface area contributed by atoms with Crippen LogP contribution in [0.4, 0.5) is 0 Å². The number of aliphatic hydroxyl groups excluding tert-OH is 2. The number of thioether (sulfide) groups is 1. The molecule has 45 heteroatoms. The van der Waals surface area contributed by atoms with E-state index in [4.69, 9.17) is 11.5 Å². The van der Waals surface area contributed by atoms with Crippen LogP contribution in [0.2, 0.25) is 0 Å². The molecule has 0 unspecified atom stereocenters. The van der Waals surface area contributed by atoms with Crippen LogP contribution in [-0.2, 0) is 112 Å². The molecule has 0 saturated carbocycles. The van der Waals surface area contributed by atoms with Gasteiger partial charge in [-0.15, -0.1) is 11.8 Å². The Morgan fingerprint density at radius 2 is 1.07 bits per heavy atom. The molecule has 0 radical (unpaired) electrons. The lowest BCUT2D eigenvalue weighted by Crippen LogP contribution is -2.61. The first-order chi connectivity index (χ1) is 64.4. The first-order valence-electron chi connectivity index (χ1n) is 45.0. The van der Waals surface area contributed by atoms with E-state index in [1.165, 1.54) is 64.9 Å². The molecule has 3 aliphatic heterocycles. The Kier molecular flexibility index (Phi) is 39.3. The van der Waals surface area contributed by atoms with E-state index >= 15 is 38.4 Å². The third-order valence-corrected chi connectivity index (χ3v) is 25.2. The summed E-state index contributed by atoms with van der Waals surface area (Å²) < 4.78 is 0. The first-order valence-corrected chi connectivity index (χ1v) is 46.1. The van der Waals surface area contributed by atoms with E-state index < -0.39 is 254 Å². The van der Waals surface area contributed by atoms with Crippen molar-refractivity contribution in [2.45, 2.75) is 233 Å². The number of amides is 16. The number of unbranched alkanes of at least 4 members (excludes halogenated alkanes) is 3. The molecule has 3 saturated heterocycles. The fourth-order valence-corrected chi connectivity index (χ4v) is 17.4. The number of aromatic nitrogens is 4. The van der Waals surface area contributed by atoms with Crippen LogP contribution in [-0.4, -0.2) is 333 Å². The fourth-order valence-electron chi connectivity index (χ4n) is 16.6. The number of nitrogens with one attached hydrogen (secondary N) is 13. The maximum atomic E-state index is 15.7. The summed E-state index contributed by atoms with van der Waals surface area (Å²) in [5.41, 5.74) is 14.1. The number of aromatic amines is 3. The van der Waals surface area contributed by atoms with Crippen molar-refractivity contribution in [1.82, 2.24) is 97.6 Å². The number of rotatable bonds is 27. The number of H-pyrrole nitrogens is 3. The minimum Gasteiger partial charge on any atom is -0.508 e. The monoisotopic (exact) mass is 1900 g/mol. The molecule has 732 valence electrons. The second kappa shape index (κ2) is 50.5. The van der Waals surface area contributed by atoms with Gasteiger partial charge in [0.25, 0.3) is 0 Å². The lowest BCUT2D eigenvalue weighted by molar-refractivity contribution is -0.149. The Morgan fingerprint density at radius 3 is 1.67 bits per heavy atom. The van der Waals surface area contributed by atoms with Gasteiger partial charge in [-0.25, -0.2) is 4.98 Å². The highest BCUT2D eigenvalue weighted by molar-refractivity contribution is 8.00. The number of likely N-dealkylation sites (N-methyl/N-ethyl adjacent to an activating group) is 3. The molecule has 3 aliphatic rings. The van der Waals surface area contributed by atoms with E-state index in [-0.39, 0.29) is 95.2 Å². The van der Waals surface area contributed by atoms with Crippen molar-refractivity contribution in [1.29, 1.82) is 0 Å². The van der Waals surface area contributed by atoms with Gasteiger partial charge in [0.15, 0.2) is 0 Å². The number of imidazole rings is 1. The molecule has 6 heterocycles. The van der Waals surface area contributed by atoms with Crippen LogP contribution in [0.3, 0.4) is 0 Å². The van der Waals surface area contributed by atoms with E-state index in [0.29, 0.717) is 75.9 Å². The van der Waals surface area contributed by atoms with Gasteiger partial charge < -0.3 is 130 Å². The standard InChI is InChI=1S/C90H123N21O23S/c1-7-9-23-69-83(127)99-60(30-31-75(117)118)79(123)106-68(78(122)96-43-73(92)115)46-135-47-74(116)98-64(34-50-26-28-54(113)29-27-50)86(130)107(4)49(3)77(121)103-66(39-76(119)120)89(133)110-33-17-25-70(110)84(128)102-63(37-53-42-93-48-97-53)81(125)100-61(22-15-16-32-91)88(132)111-44-55(114)38-72(111)85(129)101-62(35-51-40-94-58-20-13-11-18-56(51)58)80(124)105-67(45-112)82(126)104-65(36-52-41-95-59-21-14-12-19-57(52)59)87(131)109(6)71(24-10-8-2)90(134)108(69)5/h11-14,18-21,26-29,40-42,48-49,55,60-72,94-95,112-114H,7-10,15-17,22-25,30-39,43-47,91H2,1-6H3,(H2,92,115)(H,93,97)(H,96,122)(H,98,116)(H,99,127)(H,100,125)(H,101,129)(H,102,128)(H,103,121)(H,104,126)(H,105,124)(H,106,123)(H,117,118)(H,119,120)/t49-,55+,60-,61-,62-,63-,64-,65-,66-,67-,68-,69-,70-,71-,72-/m0/s1. The summed E-state index contributed by atoms with van der Waals surface area (Å²) in [6, 6.07) is -3.52. The van der Waals surface area contributed by atoms with Crippen LogP contribution in [0.5, 0.6) is 5.75 Å². The van der Waals surface area contributed by atoms with Gasteiger partial charge >= 0.3 is 11.9 Å². The molecular formula is C90H123N21O23S. The van der Waals surface area contributed by atoms with E-state index in [1.807, 2.05) is 6.92 Å². The van der Waals surface area contributed by atoms with Crippen molar-refractivity contribution in [2.75, 3.05) is 65.4 Å². The van der Waals surface area contributed by atoms with Gasteiger partial charge in [-0.3, -0.25) is 86.3 Å². The molecule has 9 rings (SSSR count). The molecule has 44 nitrogen and oxygen atoms in total. The minimum absolute atomic E-state index is 0.0516. The second-order valence-electron chi connectivity index (χ2n) is 34.0. The van der Waals surface area contributed by atoms with Crippen molar-refractivity contribution in [2.24, 2.45) is 11.5 Å². The number of fused-ring (bicyclic) bond motifs is 4. The maximum absolute atomic E-state index is 15.7. The molecule has 3 aromatic heterocycles. The van der Waals surface area contributed by atoms with E-state index in [9.17, 15) is 73.5 Å². The lowest BCUT2D eigenvalue weighted by atomic mass is 10.00. The Morgan fingerprint density at radius 1 is 0.533 bits per heavy atom. The Bertz CT molecular complexity index is 5210. The summed E-state index contributed by atoms with van der Waals surface area (Å²) in [7, 11) is 3.76. The Hall–Kier alpha value is -13.6. The number of primary amides is 1. The second-order valence-corrected chi connectivity index (χ2v) is 35.0. The van der Waals surface area contributed by atoms with Crippen LogP contribution >= 0.6 is 11.8 Å². The molecule has 0 aliphatic carbocycles. The average molecular weight is 1900 g/mol. The van der Waals surface area contributed by atoms with Crippen molar-refractivity contribution in [3.63, 3.8) is 0 Å². The van der Waals surface area contributed by atoms with Gasteiger partial charge in [-0.05, 0) is 106 Å². The number of para-hydroxylation sites is 2. The van der Waals surface area contributed by atoms with Gasteiger partial charge in [0.05, 0.1) is 43.5 Å². The number of aromatic hydroxyl groups is 1. The molecule has 3 aromatic carbocycles. The molecule has 15 atom stereocenters. The summed E-state index contributed by atoms with van der Waals surface area (Å²) in [5.74, 6) is -20.4. The van der Waals surface area contributed by atoms with Crippen LogP contribution in [0.1, 0.15) is 139 Å². The molecular weight excluding hydrogens is 1780 g/mol. The van der Waals surface area contributed by atoms with Gasteiger partial charge in [0.2, 0.25) is 94.5 Å². The minimum atomic E-state index is -1.93. The number of carboxylic acids is 2. The number of aliphatic carboxylic acids is 2. The summed E-state index contributed by atoms with van der Waals surface area (Å²) >= 11 is 0.695. The topological polar surface area (TPSA) is 657 Å². The van der Waals surface area contributed by atoms with Crippen LogP contribution in [0.25, 0.3) is 21.8 Å². The zero-order valence-corrected chi connectivity index (χ0v) is 76.9. The maximum Gasteiger partial charge on any atom is 0.305 e. The summed E-state index contributed by atoms with van der Waals surface area (Å²) in [6.45, 7) is 2.37. The van der Waals surface area contributed by atoms with Crippen molar-refractivity contribution >= 4 is 140 Å². The number of nitrogens with two attached hydrogens (primary N) is 2. The van der Waals surface area contributed by atoms with Crippen molar-refractivity contribution in [3.05, 3.63) is 120 Å². The van der Waals surface area contributed by atoms with Gasteiger partial charge in [-0.1, -0.05) is 88.1 Å². The highest BCUT2D eigenvalue weighted by Gasteiger charge is 2.47. The number of carbonyl (C=O) groups is 18. The van der Waals surface area contributed by atoms with Crippen LogP contribution in [0.15, 0.2) is 97.7 Å². The highest BCUT2D eigenvalue weighted by Crippen LogP contribution is 2.28. The number of hydrogen-bond acceptors (Lipinski definition) is 24. The molecule has 22 N–H and O–H groups in total. The molecule has 0 spiro atoms. The number of carbonyl (C=O) groups excluding carboxylic acids is 16. The Balaban J connectivity index is 1.10. The number of nitrogens with zero attached hydrogens (tertiary/aromatic N) is 6. The van der Waals surface area contributed by atoms with Gasteiger partial charge in [0.1, 0.15) is 90.3 Å². The number of aliphatic hydroxyl groups is 2. The first kappa shape index (κ1) is 105. The molecule has 16 amide bonds. The zero-order valence-electron chi connectivity index (χ0n) is 76.1. The largest absolute Gasteiger partial charge is 0.508 e. The fraction of sp³-hybridized carbons (Fsp3) is 0.522. The number of hydrogen-bond donors (Lipinski definition) is 20. The lowest BCUT2D eigenvalue weighted by Gasteiger charge is -2.36. The van der Waals surface area contributed by atoms with Crippen molar-refractivity contribution in [3.8, 4) is 5.75 Å². The molecule has 3 fully saturated rings. The molecule has 0 bridgehead atoms. The normalized spacial score (nSPS) is 24.7. The third kappa shape index (κ3) is 29.2. The smallest absolute Gasteiger partial charge is 0.305 e. The van der Waals surface area contributed by atoms with Gasteiger partial charge in [-0.2, -0.15) is 0 Å². The number of benzene rings is 3. The van der Waals surface area contributed by atoms with E-state index in [0.717, 1.165) is 24.5 Å². The quantitative estimate of drug-likeness (QED) is 0.0234.